The second kappa shape index (κ2) is 7.94. The molecule has 4 rings (SSSR count). The van der Waals surface area contributed by atoms with Gasteiger partial charge in [0.25, 0.3) is 0 Å². The highest BCUT2D eigenvalue weighted by atomic mass is 16.5. The number of fused-ring (bicyclic) bond motifs is 1. The molecule has 0 amide bonds. The van der Waals surface area contributed by atoms with E-state index in [2.05, 4.69) is 79.2 Å². The minimum absolute atomic E-state index is 0.139. The molecule has 2 N–H and O–H groups in total. The van der Waals surface area contributed by atoms with Gasteiger partial charge in [-0.1, -0.05) is 51.1 Å². The first-order chi connectivity index (χ1) is 13.9. The lowest BCUT2D eigenvalue weighted by atomic mass is 9.85. The molecule has 2 atom stereocenters. The Morgan fingerprint density at radius 3 is 2.62 bits per heavy atom. The van der Waals surface area contributed by atoms with Gasteiger partial charge in [0, 0.05) is 42.8 Å². The van der Waals surface area contributed by atoms with E-state index in [0.29, 0.717) is 0 Å². The van der Waals surface area contributed by atoms with E-state index >= 15 is 0 Å². The molecule has 3 aromatic rings. The van der Waals surface area contributed by atoms with Gasteiger partial charge in [-0.05, 0) is 46.7 Å². The first-order valence-electron chi connectivity index (χ1n) is 10.5. The van der Waals surface area contributed by atoms with Crippen molar-refractivity contribution in [2.45, 2.75) is 51.3 Å². The molecular formula is C25H32N2O2. The summed E-state index contributed by atoms with van der Waals surface area (Å²) < 4.78 is 5.51. The summed E-state index contributed by atoms with van der Waals surface area (Å²) >= 11 is 0. The highest BCUT2D eigenvalue weighted by molar-refractivity contribution is 5.86. The fourth-order valence-corrected chi connectivity index (χ4v) is 4.33. The topological polar surface area (TPSA) is 48.5 Å². The molecule has 154 valence electrons. The summed E-state index contributed by atoms with van der Waals surface area (Å²) in [5.74, 6) is 0. The molecule has 0 aliphatic carbocycles. The summed E-state index contributed by atoms with van der Waals surface area (Å²) in [6.45, 7) is 8.59. The van der Waals surface area contributed by atoms with E-state index in [1.807, 2.05) is 0 Å². The zero-order valence-electron chi connectivity index (χ0n) is 17.9. The lowest BCUT2D eigenvalue weighted by Crippen LogP contribution is -2.32. The smallest absolute Gasteiger partial charge is 0.0714 e. The molecule has 0 spiro atoms. The van der Waals surface area contributed by atoms with Crippen LogP contribution in [0, 0.1) is 0 Å². The van der Waals surface area contributed by atoms with E-state index in [1.54, 1.807) is 7.11 Å². The van der Waals surface area contributed by atoms with Crippen molar-refractivity contribution in [3.63, 3.8) is 0 Å². The van der Waals surface area contributed by atoms with E-state index in [0.717, 1.165) is 25.0 Å². The molecule has 4 heteroatoms. The molecule has 2 heterocycles. The van der Waals surface area contributed by atoms with E-state index in [9.17, 15) is 5.11 Å². The van der Waals surface area contributed by atoms with E-state index in [1.165, 1.54) is 27.8 Å². The van der Waals surface area contributed by atoms with Crippen molar-refractivity contribution in [2.75, 3.05) is 20.3 Å². The molecule has 0 saturated carbocycles. The highest BCUT2D eigenvalue weighted by Crippen LogP contribution is 2.30. The summed E-state index contributed by atoms with van der Waals surface area (Å²) in [6.07, 6.45) is 1.10. The standard InChI is InChI=1S/C25H32N2O2/c1-25(2,3)20-7-5-6-17(11-20)18-8-9-24-19(10-18)12-21(26-24)14-27-15-23(29-4)13-22(27)16-28/h5-12,22-23,26,28H,13-16H2,1-4H3/t22-,23-/m1/s1. The Morgan fingerprint density at radius 1 is 1.10 bits per heavy atom. The summed E-state index contributed by atoms with van der Waals surface area (Å²) in [7, 11) is 1.75. The Morgan fingerprint density at radius 2 is 1.90 bits per heavy atom. The first kappa shape index (κ1) is 20.1. The Kier molecular flexibility index (Phi) is 5.52. The number of nitrogens with zero attached hydrogens (tertiary/aromatic N) is 1. The van der Waals surface area contributed by atoms with Crippen molar-refractivity contribution in [3.8, 4) is 11.1 Å². The maximum absolute atomic E-state index is 9.70. The Balaban J connectivity index is 1.59. The van der Waals surface area contributed by atoms with Crippen molar-refractivity contribution in [3.05, 3.63) is 59.8 Å². The largest absolute Gasteiger partial charge is 0.395 e. The summed E-state index contributed by atoms with van der Waals surface area (Å²) in [5.41, 5.74) is 6.31. The summed E-state index contributed by atoms with van der Waals surface area (Å²) in [4.78, 5) is 5.86. The second-order valence-electron chi connectivity index (χ2n) is 9.29. The third kappa shape index (κ3) is 4.25. The Hall–Kier alpha value is -2.14. The Labute approximate surface area is 173 Å². The number of hydrogen-bond acceptors (Lipinski definition) is 3. The van der Waals surface area contributed by atoms with Crippen LogP contribution in [0.4, 0.5) is 0 Å². The average Bonchev–Trinajstić information content (AvgIpc) is 3.29. The van der Waals surface area contributed by atoms with Crippen LogP contribution in [-0.2, 0) is 16.7 Å². The first-order valence-corrected chi connectivity index (χ1v) is 10.5. The number of rotatable bonds is 5. The molecule has 0 bridgehead atoms. The SMILES string of the molecule is CO[C@@H]1C[C@H](CO)N(Cc2cc3cc(-c4cccc(C(C)(C)C)c4)ccc3[nH]2)C1. The minimum atomic E-state index is 0.139. The van der Waals surface area contributed by atoms with Crippen LogP contribution >= 0.6 is 0 Å². The van der Waals surface area contributed by atoms with Crippen molar-refractivity contribution < 1.29 is 9.84 Å². The van der Waals surface area contributed by atoms with Gasteiger partial charge in [0.05, 0.1) is 12.7 Å². The van der Waals surface area contributed by atoms with Crippen LogP contribution in [0.1, 0.15) is 38.4 Å². The number of methoxy groups -OCH3 is 1. The van der Waals surface area contributed by atoms with Gasteiger partial charge in [0.2, 0.25) is 0 Å². The third-order valence-corrected chi connectivity index (χ3v) is 6.15. The molecule has 2 aromatic carbocycles. The molecule has 4 nitrogen and oxygen atoms in total. The van der Waals surface area contributed by atoms with Gasteiger partial charge in [0.1, 0.15) is 0 Å². The molecule has 1 aliphatic rings. The van der Waals surface area contributed by atoms with Crippen molar-refractivity contribution in [2.24, 2.45) is 0 Å². The number of benzene rings is 2. The summed E-state index contributed by atoms with van der Waals surface area (Å²) in [6, 6.07) is 17.9. The van der Waals surface area contributed by atoms with Gasteiger partial charge in [-0.2, -0.15) is 0 Å². The summed E-state index contributed by atoms with van der Waals surface area (Å²) in [5, 5.41) is 10.9. The normalized spacial score (nSPS) is 20.6. The van der Waals surface area contributed by atoms with Crippen LogP contribution < -0.4 is 0 Å². The number of nitrogens with one attached hydrogen (secondary N) is 1. The van der Waals surface area contributed by atoms with Crippen LogP contribution in [0.3, 0.4) is 0 Å². The van der Waals surface area contributed by atoms with Crippen LogP contribution in [0.2, 0.25) is 0 Å². The molecule has 1 fully saturated rings. The van der Waals surface area contributed by atoms with Gasteiger partial charge in [-0.25, -0.2) is 0 Å². The predicted molar refractivity (Wildman–Crippen MR) is 119 cm³/mol. The van der Waals surface area contributed by atoms with E-state index < -0.39 is 0 Å². The lowest BCUT2D eigenvalue weighted by Gasteiger charge is -2.21. The number of H-pyrrole nitrogens is 1. The molecule has 0 unspecified atom stereocenters. The number of ether oxygens (including phenoxy) is 1. The second-order valence-corrected chi connectivity index (χ2v) is 9.29. The number of hydrogen-bond donors (Lipinski definition) is 2. The molecular weight excluding hydrogens is 360 g/mol. The monoisotopic (exact) mass is 392 g/mol. The van der Waals surface area contributed by atoms with Crippen LogP contribution in [0.25, 0.3) is 22.0 Å². The predicted octanol–water partition coefficient (Wildman–Crippen LogP) is 4.71. The molecule has 1 aliphatic heterocycles. The van der Waals surface area contributed by atoms with Gasteiger partial charge >= 0.3 is 0 Å². The van der Waals surface area contributed by atoms with Gasteiger partial charge in [-0.3, -0.25) is 4.90 Å². The van der Waals surface area contributed by atoms with Crippen molar-refractivity contribution in [1.82, 2.24) is 9.88 Å². The fourth-order valence-electron chi connectivity index (χ4n) is 4.33. The van der Waals surface area contributed by atoms with E-state index in [4.69, 9.17) is 4.74 Å². The van der Waals surface area contributed by atoms with Crippen molar-refractivity contribution >= 4 is 10.9 Å². The number of aliphatic hydroxyl groups is 1. The number of aliphatic hydroxyl groups excluding tert-OH is 1. The number of likely N-dealkylation sites (tertiary alicyclic amines) is 1. The van der Waals surface area contributed by atoms with Gasteiger partial charge in [0.15, 0.2) is 0 Å². The van der Waals surface area contributed by atoms with Gasteiger partial charge < -0.3 is 14.8 Å². The maximum atomic E-state index is 9.70. The Bertz CT molecular complexity index is 986. The number of aromatic nitrogens is 1. The van der Waals surface area contributed by atoms with Crippen LogP contribution in [0.15, 0.2) is 48.5 Å². The minimum Gasteiger partial charge on any atom is -0.395 e. The molecule has 0 radical (unpaired) electrons. The number of aromatic amines is 1. The van der Waals surface area contributed by atoms with Crippen molar-refractivity contribution in [1.29, 1.82) is 0 Å². The zero-order valence-corrected chi connectivity index (χ0v) is 17.9. The highest BCUT2D eigenvalue weighted by Gasteiger charge is 2.31. The van der Waals surface area contributed by atoms with Crippen LogP contribution in [0.5, 0.6) is 0 Å². The lowest BCUT2D eigenvalue weighted by molar-refractivity contribution is 0.107. The quantitative estimate of drug-likeness (QED) is 0.661. The van der Waals surface area contributed by atoms with E-state index in [-0.39, 0.29) is 24.2 Å². The fraction of sp³-hybridized carbons (Fsp3) is 0.440. The molecule has 29 heavy (non-hydrogen) atoms. The maximum Gasteiger partial charge on any atom is 0.0714 e. The third-order valence-electron chi connectivity index (χ3n) is 6.15. The van der Waals surface area contributed by atoms with Gasteiger partial charge in [-0.15, -0.1) is 0 Å². The van der Waals surface area contributed by atoms with Crippen LogP contribution in [-0.4, -0.2) is 47.4 Å². The molecule has 1 saturated heterocycles. The average molecular weight is 393 g/mol. The zero-order chi connectivity index (χ0) is 20.6. The molecule has 1 aromatic heterocycles.